The van der Waals surface area contributed by atoms with Crippen LogP contribution in [0.3, 0.4) is 0 Å². The van der Waals surface area contributed by atoms with Gasteiger partial charge in [-0.1, -0.05) is 23.7 Å². The van der Waals surface area contributed by atoms with Crippen LogP contribution in [0.1, 0.15) is 28.4 Å². The molecule has 0 aromatic heterocycles. The fourth-order valence-electron chi connectivity index (χ4n) is 4.40. The van der Waals surface area contributed by atoms with Gasteiger partial charge in [0.15, 0.2) is 6.17 Å². The molecule has 4 rings (SSSR count). The van der Waals surface area contributed by atoms with E-state index in [1.807, 2.05) is 0 Å². The van der Waals surface area contributed by atoms with Gasteiger partial charge in [0.25, 0.3) is 17.5 Å². The molecule has 1 aliphatic heterocycles. The van der Waals surface area contributed by atoms with E-state index in [0.717, 1.165) is 59.5 Å². The number of amides is 2. The Kier molecular flexibility index (Phi) is 8.84. The van der Waals surface area contributed by atoms with Crippen molar-refractivity contribution in [1.29, 1.82) is 0 Å². The van der Waals surface area contributed by atoms with Crippen molar-refractivity contribution in [3.63, 3.8) is 0 Å². The summed E-state index contributed by atoms with van der Waals surface area (Å²) in [6, 6.07) is 10.3. The van der Waals surface area contributed by atoms with E-state index in [1.165, 1.54) is 12.1 Å². The number of hydrogen-bond acceptors (Lipinski definition) is 7. The van der Waals surface area contributed by atoms with Crippen molar-refractivity contribution in [3.8, 4) is 0 Å². The number of carboxylic acids is 1. The second-order valence-corrected chi connectivity index (χ2v) is 11.4. The molecule has 2 unspecified atom stereocenters. The molecule has 2 atom stereocenters. The number of nitrogens with zero attached hydrogens (tertiary/aromatic N) is 3. The third kappa shape index (κ3) is 6.37. The van der Waals surface area contributed by atoms with Gasteiger partial charge in [-0.25, -0.2) is 17.2 Å². The molecule has 42 heavy (non-hydrogen) atoms. The number of carboxylic acid groups (broad SMARTS) is 1. The number of carbonyl (C=O) groups excluding carboxylic acids is 2. The number of sulfonamides is 1. The monoisotopic (exact) mass is 622 g/mol. The van der Waals surface area contributed by atoms with E-state index in [2.05, 4.69) is 5.32 Å². The van der Waals surface area contributed by atoms with Crippen LogP contribution in [-0.4, -0.2) is 64.7 Å². The van der Waals surface area contributed by atoms with Crippen molar-refractivity contribution in [3.05, 3.63) is 105 Å². The zero-order valence-corrected chi connectivity index (χ0v) is 22.9. The number of aliphatic carboxylic acids is 1. The van der Waals surface area contributed by atoms with Crippen molar-refractivity contribution in [2.45, 2.75) is 23.5 Å². The lowest BCUT2D eigenvalue weighted by Crippen LogP contribution is -2.54. The summed E-state index contributed by atoms with van der Waals surface area (Å²) in [5.74, 6) is -4.89. The highest BCUT2D eigenvalue weighted by molar-refractivity contribution is 7.89. The number of benzene rings is 3. The van der Waals surface area contributed by atoms with Crippen molar-refractivity contribution < 1.29 is 41.6 Å². The van der Waals surface area contributed by atoms with Gasteiger partial charge in [-0.3, -0.25) is 24.5 Å². The average Bonchev–Trinajstić information content (AvgIpc) is 3.40. The van der Waals surface area contributed by atoms with E-state index in [4.69, 9.17) is 11.6 Å². The summed E-state index contributed by atoms with van der Waals surface area (Å²) in [6.45, 7) is -0.703. The van der Waals surface area contributed by atoms with Gasteiger partial charge in [-0.15, -0.1) is 0 Å². The van der Waals surface area contributed by atoms with E-state index >= 15 is 0 Å². The van der Waals surface area contributed by atoms with Crippen LogP contribution in [0.25, 0.3) is 0 Å². The number of hydrogen-bond donors (Lipinski definition) is 2. The zero-order valence-electron chi connectivity index (χ0n) is 21.3. The molecule has 1 heterocycles. The highest BCUT2D eigenvalue weighted by atomic mass is 35.5. The average molecular weight is 623 g/mol. The Hall–Kier alpha value is -4.47. The molecule has 0 aliphatic carbocycles. The maximum atomic E-state index is 13.8. The predicted octanol–water partition coefficient (Wildman–Crippen LogP) is 3.33. The first-order chi connectivity index (χ1) is 19.8. The van der Waals surface area contributed by atoms with Crippen molar-refractivity contribution in [2.75, 3.05) is 13.1 Å². The highest BCUT2D eigenvalue weighted by Gasteiger charge is 2.47. The van der Waals surface area contributed by atoms with E-state index < -0.39 is 79.5 Å². The Morgan fingerprint density at radius 2 is 1.76 bits per heavy atom. The normalized spacial score (nSPS) is 16.2. The summed E-state index contributed by atoms with van der Waals surface area (Å²) in [4.78, 5) is 49.7. The second kappa shape index (κ2) is 12.2. The Labute approximate surface area is 242 Å². The minimum atomic E-state index is -4.61. The van der Waals surface area contributed by atoms with Crippen molar-refractivity contribution >= 4 is 45.1 Å². The minimum Gasteiger partial charge on any atom is -0.481 e. The number of rotatable bonds is 9. The first-order valence-electron chi connectivity index (χ1n) is 12.1. The van der Waals surface area contributed by atoms with Gasteiger partial charge >= 0.3 is 5.97 Å². The Morgan fingerprint density at radius 3 is 2.38 bits per heavy atom. The molecule has 1 fully saturated rings. The van der Waals surface area contributed by atoms with E-state index in [-0.39, 0.29) is 23.4 Å². The fourth-order valence-corrected chi connectivity index (χ4v) is 6.22. The van der Waals surface area contributed by atoms with Gasteiger partial charge in [0.1, 0.15) is 11.6 Å². The minimum absolute atomic E-state index is 0.0362. The first kappa shape index (κ1) is 30.5. The molecule has 3 aromatic rings. The molecule has 0 saturated carbocycles. The lowest BCUT2D eigenvalue weighted by molar-refractivity contribution is -0.384. The molecule has 16 heteroatoms. The van der Waals surface area contributed by atoms with Crippen LogP contribution in [0.15, 0.2) is 71.6 Å². The second-order valence-electron chi connectivity index (χ2n) is 9.08. The third-order valence-electron chi connectivity index (χ3n) is 6.39. The Balaban J connectivity index is 1.76. The van der Waals surface area contributed by atoms with Crippen LogP contribution >= 0.6 is 11.6 Å². The Bertz CT molecular complexity index is 1670. The third-order valence-corrected chi connectivity index (χ3v) is 8.53. The molecular formula is C26H21ClF2N4O8S. The Morgan fingerprint density at radius 1 is 1.07 bits per heavy atom. The van der Waals surface area contributed by atoms with Crippen LogP contribution in [0, 0.1) is 21.7 Å². The summed E-state index contributed by atoms with van der Waals surface area (Å²) in [5, 5.41) is 22.6. The van der Waals surface area contributed by atoms with Crippen LogP contribution in [0.5, 0.6) is 0 Å². The summed E-state index contributed by atoms with van der Waals surface area (Å²) in [5.41, 5.74) is -0.420. The number of non-ortho nitro benzene ring substituents is 1. The number of carbonyl (C=O) groups is 3. The summed E-state index contributed by atoms with van der Waals surface area (Å²) in [7, 11) is -4.61. The van der Waals surface area contributed by atoms with Crippen molar-refractivity contribution in [1.82, 2.24) is 14.5 Å². The molecule has 1 aliphatic rings. The van der Waals surface area contributed by atoms with Crippen LogP contribution in [-0.2, 0) is 19.6 Å². The summed E-state index contributed by atoms with van der Waals surface area (Å²) >= 11 is 5.78. The SMILES string of the molecule is O=C(O)CC(NC(=O)C1N(C(=O)c2ccc(F)cc2)CCN1S(=O)(=O)c1ccc(F)c(Cl)c1)c1cccc([N+](=O)[O-])c1. The standard InChI is InChI=1S/C26H21ClF2N4O8S/c27-20-13-19(8-9-21(20)29)42(40,41)32-11-10-31(26(37)15-4-6-17(28)7-5-15)25(32)24(36)30-22(14-23(34)35)16-2-1-3-18(12-16)33(38)39/h1-9,12-13,22,25H,10-11,14H2,(H,30,36)(H,34,35). The maximum Gasteiger partial charge on any atom is 0.305 e. The molecule has 0 radical (unpaired) electrons. The van der Waals surface area contributed by atoms with Crippen LogP contribution < -0.4 is 5.32 Å². The molecule has 2 N–H and O–H groups in total. The molecular weight excluding hydrogens is 602 g/mol. The van der Waals surface area contributed by atoms with Gasteiger partial charge < -0.3 is 15.3 Å². The molecule has 12 nitrogen and oxygen atoms in total. The van der Waals surface area contributed by atoms with Gasteiger partial charge in [0.2, 0.25) is 10.0 Å². The van der Waals surface area contributed by atoms with Gasteiger partial charge in [0, 0.05) is 30.8 Å². The number of nitro benzene ring substituents is 1. The quantitative estimate of drug-likeness (QED) is 0.271. The number of halogens is 3. The lowest BCUT2D eigenvalue weighted by atomic mass is 10.0. The van der Waals surface area contributed by atoms with Crippen LogP contribution in [0.4, 0.5) is 14.5 Å². The maximum absolute atomic E-state index is 13.8. The molecule has 0 spiro atoms. The first-order valence-corrected chi connectivity index (χ1v) is 13.9. The number of nitro groups is 1. The predicted molar refractivity (Wildman–Crippen MR) is 143 cm³/mol. The van der Waals surface area contributed by atoms with Gasteiger partial charge in [-0.05, 0) is 48.0 Å². The molecule has 2 amide bonds. The molecule has 220 valence electrons. The fraction of sp³-hybridized carbons (Fsp3) is 0.192. The number of nitrogens with one attached hydrogen (secondary N) is 1. The van der Waals surface area contributed by atoms with Gasteiger partial charge in [0.05, 0.1) is 27.3 Å². The zero-order chi connectivity index (χ0) is 30.8. The van der Waals surface area contributed by atoms with E-state index in [9.17, 15) is 46.8 Å². The molecule has 1 saturated heterocycles. The molecule has 0 bridgehead atoms. The summed E-state index contributed by atoms with van der Waals surface area (Å²) in [6.07, 6.45) is -2.63. The van der Waals surface area contributed by atoms with E-state index in [0.29, 0.717) is 4.31 Å². The van der Waals surface area contributed by atoms with Crippen LogP contribution in [0.2, 0.25) is 5.02 Å². The lowest BCUT2D eigenvalue weighted by Gasteiger charge is -2.30. The van der Waals surface area contributed by atoms with E-state index in [1.54, 1.807) is 0 Å². The van der Waals surface area contributed by atoms with Gasteiger partial charge in [-0.2, -0.15) is 4.31 Å². The summed E-state index contributed by atoms with van der Waals surface area (Å²) < 4.78 is 55.2. The topological polar surface area (TPSA) is 167 Å². The smallest absolute Gasteiger partial charge is 0.305 e. The largest absolute Gasteiger partial charge is 0.481 e. The molecule has 3 aromatic carbocycles. The highest BCUT2D eigenvalue weighted by Crippen LogP contribution is 2.30. The van der Waals surface area contributed by atoms with Crippen molar-refractivity contribution in [2.24, 2.45) is 0 Å².